The minimum absolute atomic E-state index is 0.182. The van der Waals surface area contributed by atoms with Crippen LogP contribution in [0.1, 0.15) is 54.6 Å². The van der Waals surface area contributed by atoms with Gasteiger partial charge in [0.25, 0.3) is 5.91 Å². The number of nitrogens with one attached hydrogen (secondary N) is 1. The highest BCUT2D eigenvalue weighted by Gasteiger charge is 2.23. The van der Waals surface area contributed by atoms with Crippen LogP contribution in [0.25, 0.3) is 0 Å². The van der Waals surface area contributed by atoms with Gasteiger partial charge in [-0.25, -0.2) is 0 Å². The Morgan fingerprint density at radius 3 is 2.61 bits per heavy atom. The third kappa shape index (κ3) is 6.07. The molecule has 0 bridgehead atoms. The van der Waals surface area contributed by atoms with Crippen LogP contribution in [0.2, 0.25) is 0 Å². The second-order valence-electron chi connectivity index (χ2n) is 7.41. The summed E-state index contributed by atoms with van der Waals surface area (Å²) in [7, 11) is 0. The van der Waals surface area contributed by atoms with Crippen LogP contribution >= 0.6 is 0 Å². The van der Waals surface area contributed by atoms with Crippen LogP contribution in [-0.4, -0.2) is 37.0 Å². The number of hydrogen-bond donors (Lipinski definition) is 2. The third-order valence-corrected chi connectivity index (χ3v) is 5.00. The molecule has 0 radical (unpaired) electrons. The minimum Gasteiger partial charge on any atom is -0.490 e. The van der Waals surface area contributed by atoms with Crippen LogP contribution in [-0.2, 0) is 16.0 Å². The first-order valence-electron chi connectivity index (χ1n) is 10.7. The van der Waals surface area contributed by atoms with Gasteiger partial charge in [-0.15, -0.1) is 0 Å². The van der Waals surface area contributed by atoms with Gasteiger partial charge in [-0.1, -0.05) is 19.1 Å². The number of amidine groups is 1. The second-order valence-corrected chi connectivity index (χ2v) is 7.41. The molecule has 164 valence electrons. The van der Waals surface area contributed by atoms with Crippen LogP contribution in [0.4, 0.5) is 5.69 Å². The molecule has 1 atom stereocenters. The number of aliphatic imine (C=N–C) groups is 1. The fourth-order valence-corrected chi connectivity index (χ4v) is 3.39. The number of nitrogens with zero attached hydrogens (tertiary/aromatic N) is 1. The van der Waals surface area contributed by atoms with Gasteiger partial charge >= 0.3 is 5.97 Å². The normalized spacial score (nSPS) is 15.5. The smallest absolute Gasteiger partial charge is 0.309 e. The lowest BCUT2D eigenvalue weighted by atomic mass is 10.00. The maximum absolute atomic E-state index is 12.6. The maximum Gasteiger partial charge on any atom is 0.309 e. The molecule has 31 heavy (non-hydrogen) atoms. The van der Waals surface area contributed by atoms with Crippen LogP contribution in [0, 0.1) is 0 Å². The number of carbonyl (C=O) groups is 2. The molecule has 1 heterocycles. The predicted octanol–water partition coefficient (Wildman–Crippen LogP) is 3.70. The van der Waals surface area contributed by atoms with Crippen molar-refractivity contribution in [2.75, 3.05) is 18.5 Å². The van der Waals surface area contributed by atoms with Crippen molar-refractivity contribution in [3.05, 3.63) is 59.2 Å². The van der Waals surface area contributed by atoms with E-state index in [1.54, 1.807) is 37.3 Å². The number of nitrogens with two attached hydrogens (primary N) is 1. The van der Waals surface area contributed by atoms with Crippen LogP contribution < -0.4 is 15.8 Å². The summed E-state index contributed by atoms with van der Waals surface area (Å²) >= 11 is 0. The van der Waals surface area contributed by atoms with E-state index in [0.29, 0.717) is 30.2 Å². The molecule has 1 unspecified atom stereocenters. The van der Waals surface area contributed by atoms with Crippen molar-refractivity contribution >= 4 is 23.4 Å². The number of esters is 1. The molecule has 3 rings (SSSR count). The first-order valence-corrected chi connectivity index (χ1v) is 10.7. The van der Waals surface area contributed by atoms with Crippen molar-refractivity contribution < 1.29 is 19.1 Å². The molecule has 1 aliphatic heterocycles. The molecular weight excluding hydrogens is 394 g/mol. The van der Waals surface area contributed by atoms with Gasteiger partial charge in [-0.2, -0.15) is 0 Å². The van der Waals surface area contributed by atoms with Gasteiger partial charge in [0, 0.05) is 23.4 Å². The molecule has 0 saturated heterocycles. The molecular formula is C24H29N3O4. The second kappa shape index (κ2) is 10.6. The average Bonchev–Trinajstić information content (AvgIpc) is 2.77. The first-order chi connectivity index (χ1) is 15.0. The van der Waals surface area contributed by atoms with Crippen molar-refractivity contribution in [3.8, 4) is 5.75 Å². The summed E-state index contributed by atoms with van der Waals surface area (Å²) in [6, 6.07) is 12.6. The monoisotopic (exact) mass is 423 g/mol. The Morgan fingerprint density at radius 2 is 1.90 bits per heavy atom. The summed E-state index contributed by atoms with van der Waals surface area (Å²) < 4.78 is 10.9. The molecule has 2 aromatic rings. The number of fused-ring (bicyclic) bond motifs is 1. The zero-order valence-electron chi connectivity index (χ0n) is 18.0. The molecule has 0 saturated carbocycles. The van der Waals surface area contributed by atoms with Gasteiger partial charge in [0.1, 0.15) is 17.7 Å². The Hall–Kier alpha value is -3.35. The number of aryl methyl sites for hydroxylation is 1. The minimum atomic E-state index is -0.246. The van der Waals surface area contributed by atoms with Gasteiger partial charge in [0.05, 0.1) is 13.0 Å². The zero-order chi connectivity index (χ0) is 22.2. The molecule has 0 spiro atoms. The summed E-state index contributed by atoms with van der Waals surface area (Å²) in [6.07, 6.45) is 2.49. The van der Waals surface area contributed by atoms with E-state index < -0.39 is 0 Å². The average molecular weight is 424 g/mol. The van der Waals surface area contributed by atoms with Gasteiger partial charge in [-0.05, 0) is 62.1 Å². The standard InChI is InChI=1S/C24H29N3O4/c1-3-13-26-23(25)16-5-7-17(8-6-16)24(29)27-19-10-12-21-18(14-19)9-11-20(31-21)15-22(28)30-4-2/h5-8,10,12,14,20H,3-4,9,11,13,15H2,1-2H3,(H2,25,26)(H,27,29). The summed E-state index contributed by atoms with van der Waals surface area (Å²) in [5.74, 6) is 0.770. The van der Waals surface area contributed by atoms with Crippen molar-refractivity contribution in [3.63, 3.8) is 0 Å². The van der Waals surface area contributed by atoms with E-state index in [2.05, 4.69) is 10.3 Å². The largest absolute Gasteiger partial charge is 0.490 e. The Labute approximate surface area is 182 Å². The Bertz CT molecular complexity index is 954. The van der Waals surface area contributed by atoms with Gasteiger partial charge in [-0.3, -0.25) is 14.6 Å². The lowest BCUT2D eigenvalue weighted by Gasteiger charge is -2.26. The maximum atomic E-state index is 12.6. The highest BCUT2D eigenvalue weighted by molar-refractivity contribution is 6.05. The lowest BCUT2D eigenvalue weighted by molar-refractivity contribution is -0.145. The van der Waals surface area contributed by atoms with E-state index in [-0.39, 0.29) is 24.4 Å². The number of hydrogen-bond acceptors (Lipinski definition) is 5. The molecule has 0 aromatic heterocycles. The van der Waals surface area contributed by atoms with E-state index >= 15 is 0 Å². The summed E-state index contributed by atoms with van der Waals surface area (Å²) in [4.78, 5) is 28.6. The van der Waals surface area contributed by atoms with E-state index in [0.717, 1.165) is 36.1 Å². The number of ether oxygens (including phenoxy) is 2. The molecule has 1 amide bonds. The molecule has 3 N–H and O–H groups in total. The highest BCUT2D eigenvalue weighted by atomic mass is 16.5. The number of amides is 1. The quantitative estimate of drug-likeness (QED) is 0.383. The van der Waals surface area contributed by atoms with E-state index in [9.17, 15) is 9.59 Å². The molecule has 7 nitrogen and oxygen atoms in total. The Morgan fingerprint density at radius 1 is 1.16 bits per heavy atom. The van der Waals surface area contributed by atoms with Crippen LogP contribution in [0.15, 0.2) is 47.5 Å². The van der Waals surface area contributed by atoms with E-state index in [1.165, 1.54) is 0 Å². The van der Waals surface area contributed by atoms with Crippen molar-refractivity contribution in [1.82, 2.24) is 0 Å². The topological polar surface area (TPSA) is 103 Å². The van der Waals surface area contributed by atoms with E-state index in [4.69, 9.17) is 15.2 Å². The number of benzene rings is 2. The lowest BCUT2D eigenvalue weighted by Crippen LogP contribution is -2.26. The molecule has 0 aliphatic carbocycles. The van der Waals surface area contributed by atoms with Crippen molar-refractivity contribution in [1.29, 1.82) is 0 Å². The fraction of sp³-hybridized carbons (Fsp3) is 0.375. The summed E-state index contributed by atoms with van der Waals surface area (Å²) in [5, 5.41) is 2.92. The van der Waals surface area contributed by atoms with Gasteiger partial charge in [0.2, 0.25) is 0 Å². The van der Waals surface area contributed by atoms with Crippen molar-refractivity contribution in [2.24, 2.45) is 10.7 Å². The molecule has 1 aliphatic rings. The molecule has 7 heteroatoms. The summed E-state index contributed by atoms with van der Waals surface area (Å²) in [6.45, 7) is 4.88. The molecule has 0 fully saturated rings. The number of rotatable bonds is 8. The number of anilines is 1. The summed E-state index contributed by atoms with van der Waals surface area (Å²) in [5.41, 5.74) is 9.00. The Kier molecular flexibility index (Phi) is 7.65. The predicted molar refractivity (Wildman–Crippen MR) is 121 cm³/mol. The SMILES string of the molecule is CCCN=C(N)c1ccc(C(=O)Nc2ccc3c(c2)CCC(CC(=O)OCC)O3)cc1. The Balaban J connectivity index is 1.61. The fourth-order valence-electron chi connectivity index (χ4n) is 3.39. The third-order valence-electron chi connectivity index (χ3n) is 5.00. The molecule has 2 aromatic carbocycles. The van der Waals surface area contributed by atoms with Crippen LogP contribution in [0.5, 0.6) is 5.75 Å². The van der Waals surface area contributed by atoms with Gasteiger partial charge < -0.3 is 20.5 Å². The van der Waals surface area contributed by atoms with Crippen molar-refractivity contribution in [2.45, 2.75) is 45.6 Å². The highest BCUT2D eigenvalue weighted by Crippen LogP contribution is 2.31. The van der Waals surface area contributed by atoms with Crippen LogP contribution in [0.3, 0.4) is 0 Å². The van der Waals surface area contributed by atoms with Gasteiger partial charge in [0.15, 0.2) is 0 Å². The van der Waals surface area contributed by atoms with E-state index in [1.807, 2.05) is 19.1 Å². The zero-order valence-corrected chi connectivity index (χ0v) is 18.0. The first kappa shape index (κ1) is 22.3. The number of carbonyl (C=O) groups excluding carboxylic acids is 2.